The molecule has 2 aliphatic rings. The largest absolute Gasteiger partial charge is 0.309 e. The Morgan fingerprint density at radius 1 is 0.314 bits per heavy atom. The smallest absolute Gasteiger partial charge is 0.0624 e. The second-order valence-electron chi connectivity index (χ2n) is 18.7. The van der Waals surface area contributed by atoms with E-state index < -0.39 is 0 Å². The van der Waals surface area contributed by atoms with E-state index >= 15 is 0 Å². The van der Waals surface area contributed by atoms with Crippen LogP contribution in [-0.2, 0) is 5.41 Å². The van der Waals surface area contributed by atoms with E-state index in [0.29, 0.717) is 0 Å². The summed E-state index contributed by atoms with van der Waals surface area (Å²) < 4.78 is 0. The molecule has 0 fully saturated rings. The number of nitrogens with zero attached hydrogens (tertiary/aromatic N) is 1. The lowest BCUT2D eigenvalue weighted by Gasteiger charge is -2.38. The second-order valence-corrected chi connectivity index (χ2v) is 18.7. The van der Waals surface area contributed by atoms with Gasteiger partial charge in [0, 0.05) is 34.2 Å². The topological polar surface area (TPSA) is 3.24 Å². The van der Waals surface area contributed by atoms with Crippen molar-refractivity contribution >= 4 is 38.6 Å². The number of fused-ring (bicyclic) bond motifs is 6. The zero-order valence-corrected chi connectivity index (χ0v) is 38.7. The number of allylic oxidation sites excluding steroid dienone is 4. The van der Waals surface area contributed by atoms with E-state index in [1.165, 1.54) is 88.3 Å². The summed E-state index contributed by atoms with van der Waals surface area (Å²) in [7, 11) is 0. The van der Waals surface area contributed by atoms with Crippen LogP contribution in [0.5, 0.6) is 0 Å². The van der Waals surface area contributed by atoms with Crippen molar-refractivity contribution in [1.29, 1.82) is 0 Å². The molecule has 11 aromatic rings. The first-order chi connectivity index (χ1) is 34.7. The van der Waals surface area contributed by atoms with Crippen LogP contribution in [-0.4, -0.2) is 0 Å². The van der Waals surface area contributed by atoms with E-state index in [2.05, 4.69) is 290 Å². The number of hydrogen-bond donors (Lipinski definition) is 0. The second kappa shape index (κ2) is 17.4. The standard InChI is InChI=1S/C69H49N/c1-5-20-48(21-6-1)50-36-38-51(39-37-50)52-40-42-57(43-41-52)70(58-44-45-66-64(47-58)61-32-17-18-35-65(61)69(66,55-26-9-3-10-27-55)56-28-11-4-12-29-56)68-63-34-16-14-31-60(63)59-30-13-15-33-62(59)67(68)54-25-19-24-53(46-54)49-22-7-2-8-23-49/h1-47,61,65H. The van der Waals surface area contributed by atoms with Gasteiger partial charge in [-0.05, 0) is 108 Å². The van der Waals surface area contributed by atoms with Crippen LogP contribution in [0.25, 0.3) is 66.1 Å². The number of benzene rings is 11. The molecule has 0 aliphatic heterocycles. The van der Waals surface area contributed by atoms with Crippen LogP contribution in [0.1, 0.15) is 28.2 Å². The first kappa shape index (κ1) is 41.4. The molecule has 11 aromatic carbocycles. The summed E-state index contributed by atoms with van der Waals surface area (Å²) in [4.78, 5) is 2.56. The van der Waals surface area contributed by atoms with Gasteiger partial charge in [0.05, 0.1) is 11.1 Å². The zero-order valence-electron chi connectivity index (χ0n) is 38.7. The Bertz CT molecular complexity index is 3700. The van der Waals surface area contributed by atoms with Gasteiger partial charge < -0.3 is 4.90 Å². The monoisotopic (exact) mass is 891 g/mol. The molecule has 70 heavy (non-hydrogen) atoms. The third kappa shape index (κ3) is 6.85. The molecule has 0 N–H and O–H groups in total. The highest BCUT2D eigenvalue weighted by Gasteiger charge is 2.53. The van der Waals surface area contributed by atoms with Crippen LogP contribution in [0.4, 0.5) is 17.1 Å². The first-order valence-corrected chi connectivity index (χ1v) is 24.5. The van der Waals surface area contributed by atoms with Crippen molar-refractivity contribution in [3.8, 4) is 44.5 Å². The van der Waals surface area contributed by atoms with Gasteiger partial charge in [-0.3, -0.25) is 0 Å². The molecule has 330 valence electrons. The van der Waals surface area contributed by atoms with Gasteiger partial charge in [-0.2, -0.15) is 0 Å². The summed E-state index contributed by atoms with van der Waals surface area (Å²) in [6.07, 6.45) is 9.41. The Balaban J connectivity index is 1.07. The van der Waals surface area contributed by atoms with Gasteiger partial charge in [0.1, 0.15) is 0 Å². The molecule has 0 aromatic heterocycles. The Morgan fingerprint density at radius 3 is 1.37 bits per heavy atom. The van der Waals surface area contributed by atoms with E-state index in [1.54, 1.807) is 0 Å². The van der Waals surface area contributed by atoms with Gasteiger partial charge in [0.15, 0.2) is 0 Å². The lowest BCUT2D eigenvalue weighted by molar-refractivity contribution is 0.456. The lowest BCUT2D eigenvalue weighted by Crippen LogP contribution is -2.35. The van der Waals surface area contributed by atoms with Gasteiger partial charge in [-0.1, -0.05) is 255 Å². The summed E-state index contributed by atoms with van der Waals surface area (Å²) in [6.45, 7) is 0. The van der Waals surface area contributed by atoms with Crippen molar-refractivity contribution in [2.75, 3.05) is 4.90 Å². The van der Waals surface area contributed by atoms with Crippen LogP contribution in [0.15, 0.2) is 285 Å². The van der Waals surface area contributed by atoms with E-state index in [-0.39, 0.29) is 17.3 Å². The van der Waals surface area contributed by atoms with Crippen molar-refractivity contribution in [1.82, 2.24) is 0 Å². The predicted octanol–water partition coefficient (Wildman–Crippen LogP) is 18.3. The maximum Gasteiger partial charge on any atom is 0.0624 e. The molecule has 1 heteroatoms. The Labute approximate surface area is 410 Å². The van der Waals surface area contributed by atoms with Crippen LogP contribution < -0.4 is 4.90 Å². The molecular formula is C69H49N. The van der Waals surface area contributed by atoms with Crippen molar-refractivity contribution < 1.29 is 0 Å². The maximum absolute atomic E-state index is 2.56. The average molecular weight is 892 g/mol. The maximum atomic E-state index is 2.56. The molecule has 0 bridgehead atoms. The molecule has 1 nitrogen and oxygen atoms in total. The van der Waals surface area contributed by atoms with Crippen LogP contribution in [0.2, 0.25) is 0 Å². The van der Waals surface area contributed by atoms with Crippen LogP contribution in [0.3, 0.4) is 0 Å². The molecule has 0 saturated carbocycles. The molecule has 2 atom stereocenters. The van der Waals surface area contributed by atoms with Gasteiger partial charge in [0.25, 0.3) is 0 Å². The van der Waals surface area contributed by atoms with Crippen molar-refractivity contribution in [3.63, 3.8) is 0 Å². The van der Waals surface area contributed by atoms with Gasteiger partial charge >= 0.3 is 0 Å². The minimum Gasteiger partial charge on any atom is -0.309 e. The fraction of sp³-hybridized carbons (Fsp3) is 0.0435. The van der Waals surface area contributed by atoms with E-state index in [0.717, 1.165) is 17.1 Å². The van der Waals surface area contributed by atoms with Crippen molar-refractivity contribution in [2.24, 2.45) is 5.92 Å². The summed E-state index contributed by atoms with van der Waals surface area (Å²) in [5, 5.41) is 4.88. The lowest BCUT2D eigenvalue weighted by atomic mass is 9.63. The van der Waals surface area contributed by atoms with E-state index in [1.807, 2.05) is 0 Å². The summed E-state index contributed by atoms with van der Waals surface area (Å²) >= 11 is 0. The van der Waals surface area contributed by atoms with Gasteiger partial charge in [-0.25, -0.2) is 0 Å². The van der Waals surface area contributed by atoms with Gasteiger partial charge in [-0.15, -0.1) is 0 Å². The molecule has 0 radical (unpaired) electrons. The fourth-order valence-corrected chi connectivity index (χ4v) is 11.9. The molecule has 0 spiro atoms. The quantitative estimate of drug-likeness (QED) is 0.131. The molecular weight excluding hydrogens is 843 g/mol. The molecule has 0 saturated heterocycles. The highest BCUT2D eigenvalue weighted by molar-refractivity contribution is 6.22. The van der Waals surface area contributed by atoms with E-state index in [4.69, 9.17) is 0 Å². The molecule has 2 unspecified atom stereocenters. The Hall–Kier alpha value is -8.78. The van der Waals surface area contributed by atoms with Gasteiger partial charge in [0.2, 0.25) is 0 Å². The predicted molar refractivity (Wildman–Crippen MR) is 295 cm³/mol. The van der Waals surface area contributed by atoms with Crippen molar-refractivity contribution in [3.05, 3.63) is 307 Å². The molecule has 2 aliphatic carbocycles. The SMILES string of the molecule is C1=CC2c3cc(N(c4ccc(-c5ccc(-c6ccccc6)cc5)cc4)c4c(-c5cccc(-c6ccccc6)c5)c5ccccc5c5ccccc45)ccc3C(c3ccccc3)(c3ccccc3)C2C=C1. The highest BCUT2D eigenvalue weighted by atomic mass is 15.1. The normalized spacial score (nSPS) is 15.4. The van der Waals surface area contributed by atoms with Crippen LogP contribution >= 0.6 is 0 Å². The average Bonchev–Trinajstić information content (AvgIpc) is 3.75. The minimum absolute atomic E-state index is 0.166. The number of rotatable bonds is 9. The summed E-state index contributed by atoms with van der Waals surface area (Å²) in [6, 6.07) is 96.5. The summed E-state index contributed by atoms with van der Waals surface area (Å²) in [5.74, 6) is 0.352. The van der Waals surface area contributed by atoms with Crippen LogP contribution in [0, 0.1) is 5.92 Å². The third-order valence-electron chi connectivity index (χ3n) is 15.0. The first-order valence-electron chi connectivity index (χ1n) is 24.5. The Kier molecular flexibility index (Phi) is 10.3. The zero-order chi connectivity index (χ0) is 46.4. The third-order valence-corrected chi connectivity index (χ3v) is 15.0. The number of anilines is 3. The highest BCUT2D eigenvalue weighted by Crippen LogP contribution is 2.61. The molecule has 0 amide bonds. The number of hydrogen-bond acceptors (Lipinski definition) is 1. The minimum atomic E-state index is -0.385. The Morgan fingerprint density at radius 2 is 0.757 bits per heavy atom. The van der Waals surface area contributed by atoms with E-state index in [9.17, 15) is 0 Å². The summed E-state index contributed by atoms with van der Waals surface area (Å²) in [5.41, 5.74) is 17.9. The van der Waals surface area contributed by atoms with Crippen molar-refractivity contribution in [2.45, 2.75) is 11.3 Å². The molecule has 0 heterocycles. The molecule has 13 rings (SSSR count). The fourth-order valence-electron chi connectivity index (χ4n) is 11.9.